The summed E-state index contributed by atoms with van der Waals surface area (Å²) < 4.78 is 6.76. The summed E-state index contributed by atoms with van der Waals surface area (Å²) in [6, 6.07) is 7.94. The topological polar surface area (TPSA) is 70.1 Å². The number of esters is 1. The van der Waals surface area contributed by atoms with Crippen LogP contribution < -0.4 is 5.73 Å². The van der Waals surface area contributed by atoms with Crippen molar-refractivity contribution in [2.75, 3.05) is 7.11 Å². The van der Waals surface area contributed by atoms with Crippen LogP contribution in [0.25, 0.3) is 11.0 Å². The van der Waals surface area contributed by atoms with Crippen molar-refractivity contribution in [1.82, 2.24) is 9.55 Å². The minimum Gasteiger partial charge on any atom is -0.468 e. The fourth-order valence-electron chi connectivity index (χ4n) is 2.36. The van der Waals surface area contributed by atoms with Crippen LogP contribution in [0, 0.1) is 0 Å². The maximum atomic E-state index is 11.6. The second-order valence-electron chi connectivity index (χ2n) is 5.10. The minimum absolute atomic E-state index is 0.0569. The quantitative estimate of drug-likeness (QED) is 0.853. The van der Waals surface area contributed by atoms with Gasteiger partial charge in [0.05, 0.1) is 24.5 Å². The third kappa shape index (κ3) is 2.61. The van der Waals surface area contributed by atoms with E-state index in [-0.39, 0.29) is 6.04 Å². The molecule has 1 aromatic heterocycles. The van der Waals surface area contributed by atoms with Crippen LogP contribution in [0.3, 0.4) is 0 Å². The lowest BCUT2D eigenvalue weighted by Crippen LogP contribution is -2.47. The Morgan fingerprint density at radius 2 is 2.21 bits per heavy atom. The summed E-state index contributed by atoms with van der Waals surface area (Å²) in [6.07, 6.45) is 2.27. The van der Waals surface area contributed by atoms with Gasteiger partial charge in [0.2, 0.25) is 0 Å². The minimum atomic E-state index is -1.00. The molecule has 0 aliphatic rings. The second-order valence-corrected chi connectivity index (χ2v) is 5.10. The SMILES string of the molecule is COC(=O)C(C)(N)CC(C)n1cnc2ccccc21. The lowest BCUT2D eigenvalue weighted by atomic mass is 9.95. The number of carbonyl (C=O) groups excluding carboxylic acids is 1. The van der Waals surface area contributed by atoms with E-state index in [0.717, 1.165) is 11.0 Å². The molecule has 1 heterocycles. The van der Waals surface area contributed by atoms with Crippen LogP contribution in [-0.2, 0) is 9.53 Å². The monoisotopic (exact) mass is 261 g/mol. The number of para-hydroxylation sites is 2. The molecule has 2 atom stereocenters. The molecule has 0 aliphatic heterocycles. The Balaban J connectivity index is 2.25. The smallest absolute Gasteiger partial charge is 0.325 e. The van der Waals surface area contributed by atoms with Crippen molar-refractivity contribution in [3.05, 3.63) is 30.6 Å². The summed E-state index contributed by atoms with van der Waals surface area (Å²) in [6.45, 7) is 3.70. The van der Waals surface area contributed by atoms with E-state index in [1.165, 1.54) is 7.11 Å². The molecule has 5 heteroatoms. The predicted octanol–water partition coefficient (Wildman–Crippen LogP) is 1.88. The average molecular weight is 261 g/mol. The Morgan fingerprint density at radius 1 is 1.53 bits per heavy atom. The van der Waals surface area contributed by atoms with E-state index in [4.69, 9.17) is 10.5 Å². The molecule has 19 heavy (non-hydrogen) atoms. The van der Waals surface area contributed by atoms with Crippen molar-refractivity contribution in [2.24, 2.45) is 5.73 Å². The Hall–Kier alpha value is -1.88. The van der Waals surface area contributed by atoms with Gasteiger partial charge in [0.1, 0.15) is 5.54 Å². The molecule has 2 aromatic rings. The molecule has 0 bridgehead atoms. The van der Waals surface area contributed by atoms with Gasteiger partial charge in [0.15, 0.2) is 0 Å². The normalized spacial score (nSPS) is 16.0. The first-order valence-corrected chi connectivity index (χ1v) is 6.24. The zero-order chi connectivity index (χ0) is 14.0. The molecule has 5 nitrogen and oxygen atoms in total. The number of fused-ring (bicyclic) bond motifs is 1. The van der Waals surface area contributed by atoms with Crippen molar-refractivity contribution >= 4 is 17.0 Å². The fourth-order valence-corrected chi connectivity index (χ4v) is 2.36. The average Bonchev–Trinajstić information content (AvgIpc) is 2.81. The van der Waals surface area contributed by atoms with Gasteiger partial charge in [0.25, 0.3) is 0 Å². The zero-order valence-electron chi connectivity index (χ0n) is 11.5. The third-order valence-electron chi connectivity index (χ3n) is 3.33. The van der Waals surface area contributed by atoms with Gasteiger partial charge in [0, 0.05) is 6.04 Å². The van der Waals surface area contributed by atoms with Crippen molar-refractivity contribution < 1.29 is 9.53 Å². The first-order chi connectivity index (χ1) is 8.95. The molecule has 102 valence electrons. The van der Waals surface area contributed by atoms with E-state index in [1.54, 1.807) is 13.3 Å². The molecular formula is C14H19N3O2. The van der Waals surface area contributed by atoms with E-state index >= 15 is 0 Å². The van der Waals surface area contributed by atoms with Gasteiger partial charge in [-0.3, -0.25) is 4.79 Å². The van der Waals surface area contributed by atoms with Crippen LogP contribution in [0.4, 0.5) is 0 Å². The number of rotatable bonds is 4. The number of imidazole rings is 1. The van der Waals surface area contributed by atoms with Crippen LogP contribution in [-0.4, -0.2) is 28.2 Å². The number of hydrogen-bond acceptors (Lipinski definition) is 4. The molecular weight excluding hydrogens is 242 g/mol. The van der Waals surface area contributed by atoms with Crippen LogP contribution in [0.5, 0.6) is 0 Å². The first kappa shape index (κ1) is 13.5. The molecule has 0 amide bonds. The molecule has 2 rings (SSSR count). The van der Waals surface area contributed by atoms with E-state index in [1.807, 2.05) is 35.8 Å². The summed E-state index contributed by atoms with van der Waals surface area (Å²) in [5, 5.41) is 0. The van der Waals surface area contributed by atoms with E-state index < -0.39 is 11.5 Å². The van der Waals surface area contributed by atoms with Crippen molar-refractivity contribution in [1.29, 1.82) is 0 Å². The fraction of sp³-hybridized carbons (Fsp3) is 0.429. The van der Waals surface area contributed by atoms with Gasteiger partial charge in [-0.25, -0.2) is 4.98 Å². The molecule has 1 aromatic carbocycles. The highest BCUT2D eigenvalue weighted by atomic mass is 16.5. The Kier molecular flexibility index (Phi) is 3.57. The van der Waals surface area contributed by atoms with Gasteiger partial charge in [-0.05, 0) is 32.4 Å². The van der Waals surface area contributed by atoms with Gasteiger partial charge >= 0.3 is 5.97 Å². The number of benzene rings is 1. The lowest BCUT2D eigenvalue weighted by Gasteiger charge is -2.26. The molecule has 2 unspecified atom stereocenters. The summed E-state index contributed by atoms with van der Waals surface area (Å²) in [4.78, 5) is 16.0. The molecule has 0 saturated carbocycles. The summed E-state index contributed by atoms with van der Waals surface area (Å²) in [5.74, 6) is -0.399. The lowest BCUT2D eigenvalue weighted by molar-refractivity contribution is -0.146. The number of hydrogen-bond donors (Lipinski definition) is 1. The number of carbonyl (C=O) groups is 1. The molecule has 0 aliphatic carbocycles. The van der Waals surface area contributed by atoms with Gasteiger partial charge in [-0.2, -0.15) is 0 Å². The summed E-state index contributed by atoms with van der Waals surface area (Å²) >= 11 is 0. The van der Waals surface area contributed by atoms with E-state index in [0.29, 0.717) is 6.42 Å². The molecule has 0 saturated heterocycles. The number of nitrogens with zero attached hydrogens (tertiary/aromatic N) is 2. The Morgan fingerprint density at radius 3 is 2.89 bits per heavy atom. The number of ether oxygens (including phenoxy) is 1. The van der Waals surface area contributed by atoms with Crippen LogP contribution in [0.1, 0.15) is 26.3 Å². The van der Waals surface area contributed by atoms with Crippen LogP contribution in [0.15, 0.2) is 30.6 Å². The highest BCUT2D eigenvalue weighted by Crippen LogP contribution is 2.24. The third-order valence-corrected chi connectivity index (χ3v) is 3.33. The maximum Gasteiger partial charge on any atom is 0.325 e. The molecule has 0 radical (unpaired) electrons. The second kappa shape index (κ2) is 5.01. The van der Waals surface area contributed by atoms with Gasteiger partial charge in [-0.15, -0.1) is 0 Å². The molecule has 2 N–H and O–H groups in total. The predicted molar refractivity (Wildman–Crippen MR) is 73.7 cm³/mol. The first-order valence-electron chi connectivity index (χ1n) is 6.24. The number of aromatic nitrogens is 2. The largest absolute Gasteiger partial charge is 0.468 e. The van der Waals surface area contributed by atoms with Gasteiger partial charge < -0.3 is 15.0 Å². The molecule has 0 spiro atoms. The zero-order valence-corrected chi connectivity index (χ0v) is 11.5. The summed E-state index contributed by atoms with van der Waals surface area (Å²) in [5.41, 5.74) is 6.99. The van der Waals surface area contributed by atoms with Crippen molar-refractivity contribution in [3.63, 3.8) is 0 Å². The van der Waals surface area contributed by atoms with E-state index in [9.17, 15) is 4.79 Å². The number of methoxy groups -OCH3 is 1. The highest BCUT2D eigenvalue weighted by molar-refractivity contribution is 5.80. The van der Waals surface area contributed by atoms with Crippen LogP contribution in [0.2, 0.25) is 0 Å². The van der Waals surface area contributed by atoms with Crippen molar-refractivity contribution in [3.8, 4) is 0 Å². The summed E-state index contributed by atoms with van der Waals surface area (Å²) in [7, 11) is 1.35. The number of nitrogens with two attached hydrogens (primary N) is 1. The highest BCUT2D eigenvalue weighted by Gasteiger charge is 2.32. The molecule has 0 fully saturated rings. The van der Waals surface area contributed by atoms with Gasteiger partial charge in [-0.1, -0.05) is 12.1 Å². The standard InChI is InChI=1S/C14H19N3O2/c1-10(8-14(2,15)13(18)19-3)17-9-16-11-6-4-5-7-12(11)17/h4-7,9-10H,8,15H2,1-3H3. The van der Waals surface area contributed by atoms with Crippen LogP contribution >= 0.6 is 0 Å². The van der Waals surface area contributed by atoms with E-state index in [2.05, 4.69) is 4.98 Å². The van der Waals surface area contributed by atoms with Crippen molar-refractivity contribution in [2.45, 2.75) is 31.8 Å². The maximum absolute atomic E-state index is 11.6. The Bertz CT molecular complexity index is 589. The Labute approximate surface area is 112 Å².